The molecule has 3 aromatic rings. The standard InChI is InChI=1S/C33H37ClN6O2/c1-6-31(42)38-13-15-39(16-14-38)33(35-5)25-17-27(34)24(32-22(4)11-12-28-26(32)19-36-37-28)18-30(25)40(20-41)29-10-8-7-9-23(29)21(2)3/h6-12,17-21,23,29H,1,13-16H2,2-5H3,(H,36,37)/b35-33+. The molecular weight excluding hydrogens is 548 g/mol. The molecule has 0 radical (unpaired) electrons. The Balaban J connectivity index is 1.68. The predicted octanol–water partition coefficient (Wildman–Crippen LogP) is 5.63. The van der Waals surface area contributed by atoms with Gasteiger partial charge in [0.1, 0.15) is 5.84 Å². The number of hydrogen-bond acceptors (Lipinski definition) is 4. The number of halogens is 1. The Labute approximate surface area is 252 Å². The van der Waals surface area contributed by atoms with Crippen LogP contribution in [0.4, 0.5) is 5.69 Å². The highest BCUT2D eigenvalue weighted by molar-refractivity contribution is 6.34. The van der Waals surface area contributed by atoms with Gasteiger partial charge in [0.05, 0.1) is 23.4 Å². The van der Waals surface area contributed by atoms with Gasteiger partial charge in [-0.1, -0.05) is 62.4 Å². The van der Waals surface area contributed by atoms with Crippen LogP contribution in [0.25, 0.3) is 22.0 Å². The van der Waals surface area contributed by atoms with Crippen molar-refractivity contribution in [1.29, 1.82) is 0 Å². The van der Waals surface area contributed by atoms with Crippen molar-refractivity contribution in [3.8, 4) is 11.1 Å². The highest BCUT2D eigenvalue weighted by atomic mass is 35.5. The zero-order valence-corrected chi connectivity index (χ0v) is 25.3. The van der Waals surface area contributed by atoms with Gasteiger partial charge < -0.3 is 14.7 Å². The third kappa shape index (κ3) is 5.39. The molecule has 2 aliphatic rings. The normalized spacial score (nSPS) is 19.0. The Morgan fingerprint density at radius 2 is 1.88 bits per heavy atom. The van der Waals surface area contributed by atoms with Gasteiger partial charge in [0, 0.05) is 60.7 Å². The van der Waals surface area contributed by atoms with Gasteiger partial charge in [-0.3, -0.25) is 19.7 Å². The number of hydrogen-bond donors (Lipinski definition) is 1. The largest absolute Gasteiger partial charge is 0.353 e. The molecule has 5 rings (SSSR count). The molecule has 0 spiro atoms. The maximum atomic E-state index is 13.0. The lowest BCUT2D eigenvalue weighted by atomic mass is 9.84. The lowest BCUT2D eigenvalue weighted by molar-refractivity contribution is -0.127. The van der Waals surface area contributed by atoms with E-state index in [2.05, 4.69) is 54.6 Å². The van der Waals surface area contributed by atoms with Crippen molar-refractivity contribution in [2.75, 3.05) is 38.1 Å². The first-order valence-electron chi connectivity index (χ1n) is 14.3. The van der Waals surface area contributed by atoms with Crippen LogP contribution in [0.3, 0.4) is 0 Å². The van der Waals surface area contributed by atoms with Crippen molar-refractivity contribution in [3.63, 3.8) is 0 Å². The number of rotatable bonds is 7. The number of amidine groups is 1. The number of anilines is 1. The van der Waals surface area contributed by atoms with Gasteiger partial charge in [-0.05, 0) is 48.2 Å². The van der Waals surface area contributed by atoms with Crippen molar-refractivity contribution in [2.24, 2.45) is 16.8 Å². The van der Waals surface area contributed by atoms with Gasteiger partial charge in [-0.25, -0.2) is 0 Å². The lowest BCUT2D eigenvalue weighted by Crippen LogP contribution is -2.51. The number of nitrogens with zero attached hydrogens (tertiary/aromatic N) is 5. The van der Waals surface area contributed by atoms with Crippen LogP contribution in [0.15, 0.2) is 72.4 Å². The Morgan fingerprint density at radius 3 is 2.55 bits per heavy atom. The molecule has 8 nitrogen and oxygen atoms in total. The molecule has 2 aromatic carbocycles. The van der Waals surface area contributed by atoms with E-state index in [-0.39, 0.29) is 17.9 Å². The second kappa shape index (κ2) is 12.4. The van der Waals surface area contributed by atoms with Crippen LogP contribution in [-0.2, 0) is 9.59 Å². The molecule has 2 atom stereocenters. The van der Waals surface area contributed by atoms with Crippen LogP contribution in [-0.4, -0.2) is 77.4 Å². The summed E-state index contributed by atoms with van der Waals surface area (Å²) in [7, 11) is 1.75. The Bertz CT molecular complexity index is 1600. The first kappa shape index (κ1) is 29.3. The van der Waals surface area contributed by atoms with E-state index in [1.165, 1.54) is 6.08 Å². The van der Waals surface area contributed by atoms with E-state index in [9.17, 15) is 9.59 Å². The molecule has 0 saturated carbocycles. The van der Waals surface area contributed by atoms with Crippen molar-refractivity contribution >= 4 is 46.3 Å². The number of H-pyrrole nitrogens is 1. The number of carbonyl (C=O) groups excluding carboxylic acids is 2. The van der Waals surface area contributed by atoms with Crippen LogP contribution >= 0.6 is 11.6 Å². The van der Waals surface area contributed by atoms with Gasteiger partial charge in [0.25, 0.3) is 0 Å². The van der Waals surface area contributed by atoms with Crippen molar-refractivity contribution in [1.82, 2.24) is 20.0 Å². The van der Waals surface area contributed by atoms with Crippen molar-refractivity contribution in [2.45, 2.75) is 26.8 Å². The Hall–Kier alpha value is -4.17. The molecule has 1 saturated heterocycles. The second-order valence-electron chi connectivity index (χ2n) is 11.1. The molecule has 1 aliphatic heterocycles. The highest BCUT2D eigenvalue weighted by Crippen LogP contribution is 2.41. The number of nitrogens with one attached hydrogen (secondary N) is 1. The average molecular weight is 585 g/mol. The summed E-state index contributed by atoms with van der Waals surface area (Å²) < 4.78 is 0. The van der Waals surface area contributed by atoms with Crippen LogP contribution < -0.4 is 4.90 Å². The maximum Gasteiger partial charge on any atom is 0.246 e. The Morgan fingerprint density at radius 1 is 1.17 bits per heavy atom. The predicted molar refractivity (Wildman–Crippen MR) is 171 cm³/mol. The minimum absolute atomic E-state index is 0.0782. The summed E-state index contributed by atoms with van der Waals surface area (Å²) >= 11 is 7.11. The molecule has 1 aliphatic carbocycles. The minimum Gasteiger partial charge on any atom is -0.353 e. The average Bonchev–Trinajstić information content (AvgIpc) is 3.48. The maximum absolute atomic E-state index is 13.0. The fourth-order valence-corrected chi connectivity index (χ4v) is 6.38. The van der Waals surface area contributed by atoms with E-state index in [4.69, 9.17) is 16.6 Å². The van der Waals surface area contributed by atoms with E-state index in [0.29, 0.717) is 37.1 Å². The smallest absolute Gasteiger partial charge is 0.246 e. The number of aryl methyl sites for hydroxylation is 1. The van der Waals surface area contributed by atoms with Gasteiger partial charge in [-0.15, -0.1) is 0 Å². The molecule has 1 aromatic heterocycles. The number of fused-ring (bicyclic) bond motifs is 1. The van der Waals surface area contributed by atoms with Crippen LogP contribution in [0.5, 0.6) is 0 Å². The zero-order chi connectivity index (χ0) is 30.0. The van der Waals surface area contributed by atoms with E-state index >= 15 is 0 Å². The third-order valence-electron chi connectivity index (χ3n) is 8.34. The third-order valence-corrected chi connectivity index (χ3v) is 8.65. The van der Waals surface area contributed by atoms with Crippen LogP contribution in [0.1, 0.15) is 25.0 Å². The van der Waals surface area contributed by atoms with Crippen molar-refractivity contribution < 1.29 is 9.59 Å². The number of aromatic amines is 1. The first-order valence-corrected chi connectivity index (χ1v) is 14.7. The summed E-state index contributed by atoms with van der Waals surface area (Å²) in [4.78, 5) is 35.7. The van der Waals surface area contributed by atoms with Gasteiger partial charge in [-0.2, -0.15) is 5.10 Å². The monoisotopic (exact) mass is 584 g/mol. The van der Waals surface area contributed by atoms with Crippen LogP contribution in [0, 0.1) is 18.8 Å². The van der Waals surface area contributed by atoms with Gasteiger partial charge in [0.15, 0.2) is 0 Å². The van der Waals surface area contributed by atoms with E-state index in [1.807, 2.05) is 47.5 Å². The molecule has 9 heteroatoms. The summed E-state index contributed by atoms with van der Waals surface area (Å²) in [5.74, 6) is 1.09. The van der Waals surface area contributed by atoms with Gasteiger partial charge >= 0.3 is 0 Å². The summed E-state index contributed by atoms with van der Waals surface area (Å²) in [5, 5.41) is 8.84. The molecule has 2 unspecified atom stereocenters. The number of piperazine rings is 1. The zero-order valence-electron chi connectivity index (χ0n) is 24.5. The Kier molecular flexibility index (Phi) is 8.64. The second-order valence-corrected chi connectivity index (χ2v) is 11.5. The number of benzene rings is 2. The fraction of sp³-hybridized carbons (Fsp3) is 0.333. The van der Waals surface area contributed by atoms with Crippen LogP contribution in [0.2, 0.25) is 5.02 Å². The minimum atomic E-state index is -0.189. The quantitative estimate of drug-likeness (QED) is 0.169. The van der Waals surface area contributed by atoms with E-state index in [1.54, 1.807) is 11.9 Å². The summed E-state index contributed by atoms with van der Waals surface area (Å²) in [5.41, 5.74) is 5.24. The fourth-order valence-electron chi connectivity index (χ4n) is 6.13. The highest BCUT2D eigenvalue weighted by Gasteiger charge is 2.32. The summed E-state index contributed by atoms with van der Waals surface area (Å²) in [6, 6.07) is 7.81. The molecule has 42 heavy (non-hydrogen) atoms. The molecular formula is C33H37ClN6O2. The molecule has 218 valence electrons. The molecule has 2 amide bonds. The summed E-state index contributed by atoms with van der Waals surface area (Å²) in [6.45, 7) is 12.3. The molecule has 0 bridgehead atoms. The lowest BCUT2D eigenvalue weighted by Gasteiger charge is -2.39. The number of aliphatic imine (C=N–C) groups is 1. The number of amides is 2. The summed E-state index contributed by atoms with van der Waals surface area (Å²) in [6.07, 6.45) is 12.4. The van der Waals surface area contributed by atoms with Crippen molar-refractivity contribution in [3.05, 3.63) is 83.6 Å². The SMILES string of the molecule is C=CC(=O)N1CCN(/C(=N/C)c2cc(Cl)c(-c3c(C)ccc4[nH]ncc34)cc2N(C=O)C2C=CC=CC2C(C)C)CC1. The molecule has 1 N–H and O–H groups in total. The number of carbonyl (C=O) groups is 2. The molecule has 1 fully saturated rings. The first-order chi connectivity index (χ1) is 20.3. The van der Waals surface area contributed by atoms with Gasteiger partial charge in [0.2, 0.25) is 12.3 Å². The number of allylic oxidation sites excluding steroid dienone is 2. The van der Waals surface area contributed by atoms with E-state index in [0.717, 1.165) is 51.1 Å². The molecule has 2 heterocycles. The van der Waals surface area contributed by atoms with E-state index < -0.39 is 0 Å². The topological polar surface area (TPSA) is 84.9 Å². The number of aromatic nitrogens is 2.